The van der Waals surface area contributed by atoms with Crippen molar-refractivity contribution in [2.75, 3.05) is 11.9 Å². The van der Waals surface area contributed by atoms with Gasteiger partial charge in [0, 0.05) is 23.5 Å². The topological polar surface area (TPSA) is 15.6 Å². The van der Waals surface area contributed by atoms with Gasteiger partial charge in [0.2, 0.25) is 0 Å². The standard InChI is InChI=1S/C23H20N2S/c1-17-10-13-19(14-11-17)24-16-6-5-9-22-25(2)23-20-8-4-3-7-18(20)12-15-21(23)26-22/h3-16H,1-2H3. The average molecular weight is 356 g/mol. The molecule has 0 aliphatic carbocycles. The molecule has 0 saturated carbocycles. The quantitative estimate of drug-likeness (QED) is 0.498. The first-order valence-electron chi connectivity index (χ1n) is 8.63. The number of anilines is 1. The summed E-state index contributed by atoms with van der Waals surface area (Å²) in [6, 6.07) is 21.2. The van der Waals surface area contributed by atoms with E-state index in [4.69, 9.17) is 0 Å². The molecule has 0 radical (unpaired) electrons. The van der Waals surface area contributed by atoms with E-state index in [1.165, 1.54) is 31.9 Å². The highest BCUT2D eigenvalue weighted by Gasteiger charge is 2.23. The first-order chi connectivity index (χ1) is 12.7. The van der Waals surface area contributed by atoms with Gasteiger partial charge >= 0.3 is 0 Å². The molecule has 0 unspecified atom stereocenters. The molecule has 0 N–H and O–H groups in total. The van der Waals surface area contributed by atoms with Gasteiger partial charge in [0.15, 0.2) is 0 Å². The molecular weight excluding hydrogens is 336 g/mol. The zero-order valence-corrected chi connectivity index (χ0v) is 15.7. The van der Waals surface area contributed by atoms with Gasteiger partial charge in [0.25, 0.3) is 0 Å². The number of aryl methyl sites for hydroxylation is 1. The summed E-state index contributed by atoms with van der Waals surface area (Å²) in [6.45, 7) is 2.08. The Hall–Kier alpha value is -2.78. The molecule has 2 nitrogen and oxygen atoms in total. The number of allylic oxidation sites excluding steroid dienone is 3. The molecule has 0 spiro atoms. The second-order valence-corrected chi connectivity index (χ2v) is 7.36. The summed E-state index contributed by atoms with van der Waals surface area (Å²) in [7, 11) is 2.13. The van der Waals surface area contributed by atoms with Crippen LogP contribution in [0.1, 0.15) is 5.56 Å². The van der Waals surface area contributed by atoms with Crippen LogP contribution < -0.4 is 4.90 Å². The molecule has 0 bridgehead atoms. The van der Waals surface area contributed by atoms with Crippen LogP contribution in [0.15, 0.2) is 93.8 Å². The Labute approximate surface area is 158 Å². The summed E-state index contributed by atoms with van der Waals surface area (Å²) in [5.41, 5.74) is 3.51. The van der Waals surface area contributed by atoms with Crippen molar-refractivity contribution in [1.82, 2.24) is 0 Å². The maximum Gasteiger partial charge on any atom is 0.0799 e. The Kier molecular flexibility index (Phi) is 4.63. The SMILES string of the molecule is Cc1ccc(N=CC=CC=C2Sc3ccc4ccccc4c3N2C)cc1. The third kappa shape index (κ3) is 3.31. The van der Waals surface area contributed by atoms with Crippen molar-refractivity contribution in [2.24, 2.45) is 4.99 Å². The van der Waals surface area contributed by atoms with Crippen LogP contribution >= 0.6 is 11.8 Å². The number of thioether (sulfide) groups is 1. The highest BCUT2D eigenvalue weighted by atomic mass is 32.2. The van der Waals surface area contributed by atoms with E-state index in [2.05, 4.69) is 78.5 Å². The summed E-state index contributed by atoms with van der Waals surface area (Å²) in [6.07, 6.45) is 8.00. The smallest absolute Gasteiger partial charge is 0.0799 e. The lowest BCUT2D eigenvalue weighted by molar-refractivity contribution is 1.19. The fourth-order valence-electron chi connectivity index (χ4n) is 3.05. The molecule has 0 aromatic heterocycles. The van der Waals surface area contributed by atoms with Gasteiger partial charge in [-0.25, -0.2) is 0 Å². The van der Waals surface area contributed by atoms with Crippen molar-refractivity contribution in [2.45, 2.75) is 11.8 Å². The van der Waals surface area contributed by atoms with Crippen LogP contribution in [-0.4, -0.2) is 13.3 Å². The second-order valence-electron chi connectivity index (χ2n) is 6.30. The molecule has 1 heterocycles. The first kappa shape index (κ1) is 16.7. The number of rotatable bonds is 3. The summed E-state index contributed by atoms with van der Waals surface area (Å²) >= 11 is 1.81. The zero-order valence-electron chi connectivity index (χ0n) is 14.9. The van der Waals surface area contributed by atoms with Gasteiger partial charge in [-0.05, 0) is 42.7 Å². The van der Waals surface area contributed by atoms with Crippen LogP contribution in [-0.2, 0) is 0 Å². The average Bonchev–Trinajstić information content (AvgIpc) is 2.99. The molecular formula is C23H20N2S. The van der Waals surface area contributed by atoms with Crippen molar-refractivity contribution in [1.29, 1.82) is 0 Å². The molecule has 0 atom stereocenters. The fraction of sp³-hybridized carbons (Fsp3) is 0.0870. The van der Waals surface area contributed by atoms with E-state index in [1.54, 1.807) is 11.8 Å². The van der Waals surface area contributed by atoms with Crippen LogP contribution in [0.3, 0.4) is 0 Å². The van der Waals surface area contributed by atoms with Crippen molar-refractivity contribution in [3.05, 3.63) is 89.5 Å². The van der Waals surface area contributed by atoms with E-state index < -0.39 is 0 Å². The van der Waals surface area contributed by atoms with E-state index >= 15 is 0 Å². The molecule has 26 heavy (non-hydrogen) atoms. The maximum atomic E-state index is 4.45. The lowest BCUT2D eigenvalue weighted by Crippen LogP contribution is -2.09. The third-order valence-corrected chi connectivity index (χ3v) is 5.61. The number of hydrogen-bond acceptors (Lipinski definition) is 3. The molecule has 3 aromatic carbocycles. The summed E-state index contributed by atoms with van der Waals surface area (Å²) in [4.78, 5) is 8.02. The highest BCUT2D eigenvalue weighted by molar-refractivity contribution is 8.03. The monoisotopic (exact) mass is 356 g/mol. The second kappa shape index (κ2) is 7.22. The predicted molar refractivity (Wildman–Crippen MR) is 115 cm³/mol. The van der Waals surface area contributed by atoms with Gasteiger partial charge in [-0.15, -0.1) is 0 Å². The molecule has 128 valence electrons. The van der Waals surface area contributed by atoms with Crippen LogP contribution in [0.5, 0.6) is 0 Å². The Morgan fingerprint density at radius 2 is 1.73 bits per heavy atom. The van der Waals surface area contributed by atoms with Crippen LogP contribution in [0.25, 0.3) is 10.8 Å². The fourth-order valence-corrected chi connectivity index (χ4v) is 4.13. The van der Waals surface area contributed by atoms with Crippen molar-refractivity contribution >= 4 is 40.1 Å². The summed E-state index contributed by atoms with van der Waals surface area (Å²) in [5, 5.41) is 3.80. The molecule has 1 aliphatic rings. The number of benzene rings is 3. The lowest BCUT2D eigenvalue weighted by atomic mass is 10.1. The molecule has 1 aliphatic heterocycles. The molecule has 0 saturated heterocycles. The Morgan fingerprint density at radius 3 is 2.58 bits per heavy atom. The predicted octanol–water partition coefficient (Wildman–Crippen LogP) is 6.49. The number of nitrogens with zero attached hydrogens (tertiary/aromatic N) is 2. The highest BCUT2D eigenvalue weighted by Crippen LogP contribution is 2.48. The van der Waals surface area contributed by atoms with Crippen LogP contribution in [0, 0.1) is 6.92 Å². The van der Waals surface area contributed by atoms with E-state index in [-0.39, 0.29) is 0 Å². The van der Waals surface area contributed by atoms with Gasteiger partial charge in [-0.1, -0.05) is 65.9 Å². The van der Waals surface area contributed by atoms with E-state index in [0.29, 0.717) is 0 Å². The van der Waals surface area contributed by atoms with Crippen molar-refractivity contribution in [3.8, 4) is 0 Å². The molecule has 0 amide bonds. The summed E-state index contributed by atoms with van der Waals surface area (Å²) in [5.74, 6) is 0. The Morgan fingerprint density at radius 1 is 0.923 bits per heavy atom. The van der Waals surface area contributed by atoms with Gasteiger partial charge < -0.3 is 4.90 Å². The van der Waals surface area contributed by atoms with Crippen molar-refractivity contribution in [3.63, 3.8) is 0 Å². The van der Waals surface area contributed by atoms with Gasteiger partial charge in [-0.3, -0.25) is 4.99 Å². The van der Waals surface area contributed by atoms with Gasteiger partial charge in [0.1, 0.15) is 0 Å². The molecule has 3 heteroatoms. The molecule has 4 rings (SSSR count). The number of aliphatic imine (C=N–C) groups is 1. The maximum absolute atomic E-state index is 4.45. The third-order valence-electron chi connectivity index (χ3n) is 4.44. The zero-order chi connectivity index (χ0) is 17.9. The first-order valence-corrected chi connectivity index (χ1v) is 9.45. The summed E-state index contributed by atoms with van der Waals surface area (Å²) < 4.78 is 0. The van der Waals surface area contributed by atoms with Gasteiger partial charge in [0.05, 0.1) is 16.4 Å². The lowest BCUT2D eigenvalue weighted by Gasteiger charge is -2.15. The Bertz CT molecular complexity index is 1030. The minimum Gasteiger partial charge on any atom is -0.338 e. The van der Waals surface area contributed by atoms with E-state index in [9.17, 15) is 0 Å². The Balaban J connectivity index is 1.51. The van der Waals surface area contributed by atoms with E-state index in [0.717, 1.165) is 5.69 Å². The van der Waals surface area contributed by atoms with E-state index in [1.807, 2.05) is 30.5 Å². The number of fused-ring (bicyclic) bond motifs is 3. The van der Waals surface area contributed by atoms with Gasteiger partial charge in [-0.2, -0.15) is 0 Å². The van der Waals surface area contributed by atoms with Crippen LogP contribution in [0.4, 0.5) is 11.4 Å². The minimum absolute atomic E-state index is 0.971. The normalized spacial score (nSPS) is 15.6. The largest absolute Gasteiger partial charge is 0.338 e. The minimum atomic E-state index is 0.971. The molecule has 3 aromatic rings. The molecule has 0 fully saturated rings. The number of hydrogen-bond donors (Lipinski definition) is 0. The van der Waals surface area contributed by atoms with Crippen LogP contribution in [0.2, 0.25) is 0 Å². The van der Waals surface area contributed by atoms with Crippen molar-refractivity contribution < 1.29 is 0 Å².